The molecule has 1 amide bonds. The van der Waals surface area contributed by atoms with E-state index in [1.807, 2.05) is 42.6 Å². The van der Waals surface area contributed by atoms with Crippen molar-refractivity contribution in [1.29, 1.82) is 0 Å². The molecule has 0 fully saturated rings. The van der Waals surface area contributed by atoms with Crippen molar-refractivity contribution in [1.82, 2.24) is 4.98 Å². The van der Waals surface area contributed by atoms with E-state index in [2.05, 4.69) is 15.0 Å². The fourth-order valence-electron chi connectivity index (χ4n) is 3.12. The third-order valence-electron chi connectivity index (χ3n) is 4.82. The average Bonchev–Trinajstić information content (AvgIpc) is 3.28. The second-order valence-corrected chi connectivity index (χ2v) is 9.73. The van der Waals surface area contributed by atoms with Crippen LogP contribution in [0.3, 0.4) is 0 Å². The molecule has 4 rings (SSSR count). The van der Waals surface area contributed by atoms with Gasteiger partial charge in [-0.05, 0) is 37.3 Å². The van der Waals surface area contributed by atoms with Crippen LogP contribution in [0.2, 0.25) is 0 Å². The maximum absolute atomic E-state index is 13.0. The Morgan fingerprint density at radius 2 is 1.73 bits per heavy atom. The molecule has 0 spiro atoms. The fourth-order valence-corrected chi connectivity index (χ4v) is 4.88. The first kappa shape index (κ1) is 22.5. The molecule has 7 nitrogen and oxygen atoms in total. The van der Waals surface area contributed by atoms with Crippen LogP contribution in [0.15, 0.2) is 83.1 Å². The van der Waals surface area contributed by atoms with E-state index in [0.717, 1.165) is 16.8 Å². The molecule has 0 aliphatic rings. The number of aromatic nitrogens is 1. The van der Waals surface area contributed by atoms with E-state index in [0.29, 0.717) is 10.9 Å². The number of anilines is 2. The molecular weight excluding hydrogens is 458 g/mol. The van der Waals surface area contributed by atoms with Gasteiger partial charge in [0.15, 0.2) is 5.13 Å². The molecule has 1 aromatic heterocycles. The van der Waals surface area contributed by atoms with Gasteiger partial charge in [0.25, 0.3) is 15.9 Å². The van der Waals surface area contributed by atoms with Crippen molar-refractivity contribution in [2.45, 2.75) is 11.8 Å². The van der Waals surface area contributed by atoms with E-state index in [1.165, 1.54) is 42.7 Å². The Labute approximate surface area is 196 Å². The van der Waals surface area contributed by atoms with E-state index >= 15 is 0 Å². The first-order valence-electron chi connectivity index (χ1n) is 9.95. The lowest BCUT2D eigenvalue weighted by Crippen LogP contribution is -2.16. The van der Waals surface area contributed by atoms with Crippen LogP contribution >= 0.6 is 11.3 Å². The zero-order valence-electron chi connectivity index (χ0n) is 17.9. The van der Waals surface area contributed by atoms with Crippen molar-refractivity contribution in [2.75, 3.05) is 17.1 Å². The van der Waals surface area contributed by atoms with E-state index < -0.39 is 15.9 Å². The SMILES string of the molecule is COc1ccc(NS(=O)(=O)c2ccc(C)cc2)cc1C(=O)Nc1nc(-c2ccccc2)cs1. The predicted octanol–water partition coefficient (Wildman–Crippen LogP) is 5.18. The van der Waals surface area contributed by atoms with Crippen molar-refractivity contribution in [3.05, 3.63) is 89.3 Å². The third kappa shape index (κ3) is 5.21. The van der Waals surface area contributed by atoms with Crippen LogP contribution in [0, 0.1) is 6.92 Å². The molecule has 9 heteroatoms. The predicted molar refractivity (Wildman–Crippen MR) is 130 cm³/mol. The van der Waals surface area contributed by atoms with Gasteiger partial charge in [-0.25, -0.2) is 13.4 Å². The minimum Gasteiger partial charge on any atom is -0.496 e. The monoisotopic (exact) mass is 479 g/mol. The maximum Gasteiger partial charge on any atom is 0.261 e. The summed E-state index contributed by atoms with van der Waals surface area (Å²) in [5, 5.41) is 5.04. The van der Waals surface area contributed by atoms with Gasteiger partial charge in [0.1, 0.15) is 5.75 Å². The summed E-state index contributed by atoms with van der Waals surface area (Å²) in [6, 6.07) is 20.7. The summed E-state index contributed by atoms with van der Waals surface area (Å²) in [5.41, 5.74) is 3.07. The van der Waals surface area contributed by atoms with Gasteiger partial charge in [0, 0.05) is 16.6 Å². The van der Waals surface area contributed by atoms with Gasteiger partial charge < -0.3 is 4.74 Å². The molecule has 33 heavy (non-hydrogen) atoms. The number of carbonyl (C=O) groups excluding carboxylic acids is 1. The molecule has 0 bridgehead atoms. The zero-order chi connectivity index (χ0) is 23.4. The highest BCUT2D eigenvalue weighted by Gasteiger charge is 2.19. The Bertz CT molecular complexity index is 1380. The molecule has 0 saturated heterocycles. The fraction of sp³-hybridized carbons (Fsp3) is 0.0833. The first-order valence-corrected chi connectivity index (χ1v) is 12.3. The summed E-state index contributed by atoms with van der Waals surface area (Å²) in [4.78, 5) is 17.6. The highest BCUT2D eigenvalue weighted by atomic mass is 32.2. The number of nitrogens with zero attached hydrogens (tertiary/aromatic N) is 1. The van der Waals surface area contributed by atoms with E-state index in [-0.39, 0.29) is 16.1 Å². The lowest BCUT2D eigenvalue weighted by molar-refractivity contribution is 0.102. The Hall–Kier alpha value is -3.69. The molecule has 4 aromatic rings. The van der Waals surface area contributed by atoms with Crippen LogP contribution in [0.5, 0.6) is 5.75 Å². The molecule has 0 saturated carbocycles. The number of sulfonamides is 1. The zero-order valence-corrected chi connectivity index (χ0v) is 19.5. The van der Waals surface area contributed by atoms with Gasteiger partial charge in [-0.15, -0.1) is 11.3 Å². The topological polar surface area (TPSA) is 97.4 Å². The van der Waals surface area contributed by atoms with Gasteiger partial charge in [-0.1, -0.05) is 48.0 Å². The number of amides is 1. The number of benzene rings is 3. The average molecular weight is 480 g/mol. The minimum absolute atomic E-state index is 0.131. The number of ether oxygens (including phenoxy) is 1. The van der Waals surface area contributed by atoms with Crippen LogP contribution in [0.1, 0.15) is 15.9 Å². The quantitative estimate of drug-likeness (QED) is 0.381. The largest absolute Gasteiger partial charge is 0.496 e. The smallest absolute Gasteiger partial charge is 0.261 e. The van der Waals surface area contributed by atoms with Gasteiger partial charge in [0.2, 0.25) is 0 Å². The van der Waals surface area contributed by atoms with Gasteiger partial charge in [-0.2, -0.15) is 0 Å². The molecule has 0 aliphatic heterocycles. The number of carbonyl (C=O) groups is 1. The molecule has 0 radical (unpaired) electrons. The number of hydrogen-bond acceptors (Lipinski definition) is 6. The molecular formula is C24H21N3O4S2. The molecule has 168 valence electrons. The number of rotatable bonds is 7. The number of nitrogens with one attached hydrogen (secondary N) is 2. The Morgan fingerprint density at radius 3 is 2.42 bits per heavy atom. The van der Waals surface area contributed by atoms with Crippen molar-refractivity contribution < 1.29 is 17.9 Å². The standard InChI is InChI=1S/C24H21N3O4S2/c1-16-8-11-19(12-9-16)33(29,30)27-18-10-13-22(31-2)20(14-18)23(28)26-24-25-21(15-32-24)17-6-4-3-5-7-17/h3-15,27H,1-2H3,(H,25,26,28). The summed E-state index contributed by atoms with van der Waals surface area (Å²) in [7, 11) is -2.37. The second kappa shape index (κ2) is 9.43. The summed E-state index contributed by atoms with van der Waals surface area (Å²) >= 11 is 1.30. The summed E-state index contributed by atoms with van der Waals surface area (Å²) in [6.07, 6.45) is 0. The lowest BCUT2D eigenvalue weighted by Gasteiger charge is -2.12. The molecule has 1 heterocycles. The Balaban J connectivity index is 1.56. The van der Waals surface area contributed by atoms with Crippen molar-refractivity contribution >= 4 is 38.1 Å². The van der Waals surface area contributed by atoms with Crippen LogP contribution in [-0.4, -0.2) is 26.4 Å². The second-order valence-electron chi connectivity index (χ2n) is 7.19. The van der Waals surface area contributed by atoms with Gasteiger partial charge in [0.05, 0.1) is 23.3 Å². The van der Waals surface area contributed by atoms with Crippen LogP contribution in [-0.2, 0) is 10.0 Å². The normalized spacial score (nSPS) is 11.1. The number of thiazole rings is 1. The summed E-state index contributed by atoms with van der Waals surface area (Å²) in [6.45, 7) is 1.88. The molecule has 0 unspecified atom stereocenters. The highest BCUT2D eigenvalue weighted by molar-refractivity contribution is 7.92. The molecule has 0 aliphatic carbocycles. The Morgan fingerprint density at radius 1 is 1.00 bits per heavy atom. The molecule has 0 atom stereocenters. The number of hydrogen-bond donors (Lipinski definition) is 2. The first-order chi connectivity index (χ1) is 15.9. The van der Waals surface area contributed by atoms with Gasteiger partial charge >= 0.3 is 0 Å². The lowest BCUT2D eigenvalue weighted by atomic mass is 10.1. The van der Waals surface area contributed by atoms with Crippen LogP contribution in [0.25, 0.3) is 11.3 Å². The minimum atomic E-state index is -3.81. The van der Waals surface area contributed by atoms with Crippen molar-refractivity contribution in [3.8, 4) is 17.0 Å². The molecule has 3 aromatic carbocycles. The van der Waals surface area contributed by atoms with Crippen LogP contribution < -0.4 is 14.8 Å². The highest BCUT2D eigenvalue weighted by Crippen LogP contribution is 2.28. The van der Waals surface area contributed by atoms with E-state index in [4.69, 9.17) is 4.74 Å². The van der Waals surface area contributed by atoms with Crippen LogP contribution in [0.4, 0.5) is 10.8 Å². The van der Waals surface area contributed by atoms with E-state index in [9.17, 15) is 13.2 Å². The third-order valence-corrected chi connectivity index (χ3v) is 6.98. The van der Waals surface area contributed by atoms with Gasteiger partial charge in [-0.3, -0.25) is 14.8 Å². The Kier molecular flexibility index (Phi) is 6.43. The van der Waals surface area contributed by atoms with E-state index in [1.54, 1.807) is 18.2 Å². The molecule has 2 N–H and O–H groups in total. The summed E-state index contributed by atoms with van der Waals surface area (Å²) < 4.78 is 33.3. The van der Waals surface area contributed by atoms with Crippen molar-refractivity contribution in [2.24, 2.45) is 0 Å². The number of aryl methyl sites for hydroxylation is 1. The maximum atomic E-state index is 13.0. The van der Waals surface area contributed by atoms with Crippen molar-refractivity contribution in [3.63, 3.8) is 0 Å². The number of methoxy groups -OCH3 is 1. The summed E-state index contributed by atoms with van der Waals surface area (Å²) in [5.74, 6) is -0.150.